The van der Waals surface area contributed by atoms with E-state index in [1.54, 1.807) is 48.5 Å². The molecule has 0 radical (unpaired) electrons. The number of hydrogen-bond donors (Lipinski definition) is 1. The van der Waals surface area contributed by atoms with Gasteiger partial charge in [-0.25, -0.2) is 4.98 Å². The summed E-state index contributed by atoms with van der Waals surface area (Å²) in [5.74, 6) is 0.477. The first kappa shape index (κ1) is 21.7. The highest BCUT2D eigenvalue weighted by atomic mass is 35.5. The number of rotatable bonds is 7. The van der Waals surface area contributed by atoms with Crippen LogP contribution in [-0.2, 0) is 6.18 Å². The molecule has 3 rings (SSSR count). The molecule has 3 aromatic rings. The maximum Gasteiger partial charge on any atom is 0.421 e. The standard InChI is InChI=1S/C21H20ClF3N4O/c1-3-12-30-17-10-6-15(7-11-17)27-20-26-13-18(21(23,24)25)19(28-20)29(2)16-8-4-14(22)5-9-16/h4-11,13H,3,12H2,1-2H3,(H,26,27,28). The molecule has 0 aliphatic rings. The molecule has 5 nitrogen and oxygen atoms in total. The van der Waals surface area contributed by atoms with E-state index in [0.717, 1.165) is 12.6 Å². The quantitative estimate of drug-likeness (QED) is 0.461. The molecule has 1 heterocycles. The molecule has 0 amide bonds. The number of ether oxygens (including phenoxy) is 1. The van der Waals surface area contributed by atoms with Gasteiger partial charge in [0.25, 0.3) is 0 Å². The molecule has 0 atom stereocenters. The van der Waals surface area contributed by atoms with Crippen molar-refractivity contribution in [1.29, 1.82) is 0 Å². The lowest BCUT2D eigenvalue weighted by atomic mass is 10.2. The van der Waals surface area contributed by atoms with Crippen molar-refractivity contribution in [3.8, 4) is 5.75 Å². The van der Waals surface area contributed by atoms with Crippen molar-refractivity contribution >= 4 is 34.7 Å². The number of hydrogen-bond acceptors (Lipinski definition) is 5. The van der Waals surface area contributed by atoms with Gasteiger partial charge in [-0.2, -0.15) is 18.2 Å². The second-order valence-corrected chi connectivity index (χ2v) is 6.90. The molecule has 0 saturated heterocycles. The van der Waals surface area contributed by atoms with Crippen LogP contribution in [0.3, 0.4) is 0 Å². The predicted octanol–water partition coefficient (Wildman–Crippen LogP) is 6.45. The van der Waals surface area contributed by atoms with Crippen molar-refractivity contribution in [2.75, 3.05) is 23.9 Å². The highest BCUT2D eigenvalue weighted by Crippen LogP contribution is 2.37. The van der Waals surface area contributed by atoms with Crippen LogP contribution in [-0.4, -0.2) is 23.6 Å². The Morgan fingerprint density at radius 2 is 1.73 bits per heavy atom. The van der Waals surface area contributed by atoms with Gasteiger partial charge >= 0.3 is 6.18 Å². The SMILES string of the molecule is CCCOc1ccc(Nc2ncc(C(F)(F)F)c(N(C)c3ccc(Cl)cc3)n2)cc1. The summed E-state index contributed by atoms with van der Waals surface area (Å²) in [5, 5.41) is 3.41. The molecular weight excluding hydrogens is 417 g/mol. The third-order valence-corrected chi connectivity index (χ3v) is 4.44. The molecule has 1 N–H and O–H groups in total. The largest absolute Gasteiger partial charge is 0.494 e. The van der Waals surface area contributed by atoms with Crippen molar-refractivity contribution in [3.05, 3.63) is 65.3 Å². The van der Waals surface area contributed by atoms with Crippen molar-refractivity contribution in [2.45, 2.75) is 19.5 Å². The molecule has 0 spiro atoms. The Morgan fingerprint density at radius 3 is 2.33 bits per heavy atom. The lowest BCUT2D eigenvalue weighted by Crippen LogP contribution is -2.19. The highest BCUT2D eigenvalue weighted by Gasteiger charge is 2.36. The molecule has 1 aromatic heterocycles. The fourth-order valence-electron chi connectivity index (χ4n) is 2.66. The van der Waals surface area contributed by atoms with Gasteiger partial charge in [-0.1, -0.05) is 18.5 Å². The normalized spacial score (nSPS) is 11.3. The first-order valence-electron chi connectivity index (χ1n) is 9.21. The average molecular weight is 437 g/mol. The summed E-state index contributed by atoms with van der Waals surface area (Å²) < 4.78 is 46.1. The Bertz CT molecular complexity index is 979. The van der Waals surface area contributed by atoms with E-state index in [9.17, 15) is 13.2 Å². The number of nitrogens with one attached hydrogen (secondary N) is 1. The summed E-state index contributed by atoms with van der Waals surface area (Å²) in [5.41, 5.74) is 0.194. The van der Waals surface area contributed by atoms with E-state index in [1.807, 2.05) is 6.92 Å². The molecular formula is C21H20ClF3N4O. The molecule has 2 aromatic carbocycles. The van der Waals surface area contributed by atoms with Gasteiger partial charge in [0.2, 0.25) is 5.95 Å². The molecule has 0 bridgehead atoms. The molecule has 0 aliphatic heterocycles. The summed E-state index contributed by atoms with van der Waals surface area (Å²) in [6, 6.07) is 13.5. The van der Waals surface area contributed by atoms with E-state index in [-0.39, 0.29) is 11.8 Å². The van der Waals surface area contributed by atoms with Crippen LogP contribution in [0.5, 0.6) is 5.75 Å². The second-order valence-electron chi connectivity index (χ2n) is 6.46. The molecule has 0 unspecified atom stereocenters. The number of anilines is 4. The molecule has 9 heteroatoms. The van der Waals surface area contributed by atoms with E-state index in [1.165, 1.54) is 11.9 Å². The van der Waals surface area contributed by atoms with Gasteiger partial charge < -0.3 is 15.0 Å². The Morgan fingerprint density at radius 1 is 1.07 bits per heavy atom. The zero-order chi connectivity index (χ0) is 21.7. The summed E-state index contributed by atoms with van der Waals surface area (Å²) >= 11 is 5.88. The molecule has 30 heavy (non-hydrogen) atoms. The number of halogens is 4. The van der Waals surface area contributed by atoms with E-state index in [0.29, 0.717) is 28.8 Å². The average Bonchev–Trinajstić information content (AvgIpc) is 2.72. The fourth-order valence-corrected chi connectivity index (χ4v) is 2.79. The maximum atomic E-state index is 13.5. The second kappa shape index (κ2) is 9.21. The monoisotopic (exact) mass is 436 g/mol. The minimum absolute atomic E-state index is 0.0426. The molecule has 0 aliphatic carbocycles. The lowest BCUT2D eigenvalue weighted by Gasteiger charge is -2.23. The van der Waals surface area contributed by atoms with Crippen molar-refractivity contribution in [3.63, 3.8) is 0 Å². The van der Waals surface area contributed by atoms with Gasteiger partial charge in [0.05, 0.1) is 6.61 Å². The maximum absolute atomic E-state index is 13.5. The van der Waals surface area contributed by atoms with E-state index < -0.39 is 11.7 Å². The van der Waals surface area contributed by atoms with E-state index >= 15 is 0 Å². The number of nitrogens with zero attached hydrogens (tertiary/aromatic N) is 3. The molecule has 158 valence electrons. The Labute approximate surface area is 177 Å². The van der Waals surface area contributed by atoms with Crippen LogP contribution in [0.1, 0.15) is 18.9 Å². The van der Waals surface area contributed by atoms with E-state index in [4.69, 9.17) is 16.3 Å². The van der Waals surface area contributed by atoms with Gasteiger partial charge in [-0.3, -0.25) is 0 Å². The zero-order valence-corrected chi connectivity index (χ0v) is 17.1. The van der Waals surface area contributed by atoms with Crippen LogP contribution in [0.4, 0.5) is 36.3 Å². The van der Waals surface area contributed by atoms with Crippen LogP contribution in [0.2, 0.25) is 5.02 Å². The zero-order valence-electron chi connectivity index (χ0n) is 16.4. The minimum atomic E-state index is -4.60. The van der Waals surface area contributed by atoms with Gasteiger partial charge in [-0.15, -0.1) is 0 Å². The third-order valence-electron chi connectivity index (χ3n) is 4.19. The highest BCUT2D eigenvalue weighted by molar-refractivity contribution is 6.30. The van der Waals surface area contributed by atoms with Crippen molar-refractivity contribution < 1.29 is 17.9 Å². The first-order chi connectivity index (χ1) is 14.3. The van der Waals surface area contributed by atoms with Crippen molar-refractivity contribution in [2.24, 2.45) is 0 Å². The lowest BCUT2D eigenvalue weighted by molar-refractivity contribution is -0.137. The van der Waals surface area contributed by atoms with Crippen LogP contribution in [0.25, 0.3) is 0 Å². The summed E-state index contributed by atoms with van der Waals surface area (Å²) in [6.07, 6.45) is -2.94. The molecule has 0 saturated carbocycles. The Hall–Kier alpha value is -3.00. The minimum Gasteiger partial charge on any atom is -0.494 e. The van der Waals surface area contributed by atoms with Gasteiger partial charge in [0.1, 0.15) is 11.3 Å². The van der Waals surface area contributed by atoms with Crippen LogP contribution >= 0.6 is 11.6 Å². The van der Waals surface area contributed by atoms with Gasteiger partial charge in [-0.05, 0) is 55.0 Å². The first-order valence-corrected chi connectivity index (χ1v) is 9.59. The predicted molar refractivity (Wildman–Crippen MR) is 112 cm³/mol. The summed E-state index contributed by atoms with van der Waals surface area (Å²) in [4.78, 5) is 9.31. The van der Waals surface area contributed by atoms with Gasteiger partial charge in [0.15, 0.2) is 5.82 Å². The summed E-state index contributed by atoms with van der Waals surface area (Å²) in [6.45, 7) is 2.62. The number of alkyl halides is 3. The topological polar surface area (TPSA) is 50.3 Å². The van der Waals surface area contributed by atoms with Crippen LogP contribution in [0.15, 0.2) is 54.7 Å². The Kier molecular flexibility index (Phi) is 6.66. The summed E-state index contributed by atoms with van der Waals surface area (Å²) in [7, 11) is 1.50. The van der Waals surface area contributed by atoms with Crippen LogP contribution < -0.4 is 15.0 Å². The number of benzene rings is 2. The smallest absolute Gasteiger partial charge is 0.421 e. The Balaban J connectivity index is 1.89. The van der Waals surface area contributed by atoms with Crippen LogP contribution in [0, 0.1) is 0 Å². The van der Waals surface area contributed by atoms with E-state index in [2.05, 4.69) is 15.3 Å². The van der Waals surface area contributed by atoms with Gasteiger partial charge in [0, 0.05) is 29.6 Å². The fraction of sp³-hybridized carbons (Fsp3) is 0.238. The molecule has 0 fully saturated rings. The third kappa shape index (κ3) is 5.33. The number of aromatic nitrogens is 2. The van der Waals surface area contributed by atoms with Crippen molar-refractivity contribution in [1.82, 2.24) is 9.97 Å².